The summed E-state index contributed by atoms with van der Waals surface area (Å²) in [5.74, 6) is -0.606. The van der Waals surface area contributed by atoms with Crippen LogP contribution in [0.5, 0.6) is 0 Å². The number of esters is 1. The van der Waals surface area contributed by atoms with Gasteiger partial charge in [0.25, 0.3) is 0 Å². The van der Waals surface area contributed by atoms with E-state index < -0.39 is 18.2 Å². The quantitative estimate of drug-likeness (QED) is 0.719. The molecule has 6 nitrogen and oxygen atoms in total. The molecule has 1 aliphatic heterocycles. The lowest BCUT2D eigenvalue weighted by atomic mass is 10.2. The topological polar surface area (TPSA) is 79.5 Å². The highest BCUT2D eigenvalue weighted by Crippen LogP contribution is 2.23. The van der Waals surface area contributed by atoms with Crippen molar-refractivity contribution in [1.29, 1.82) is 0 Å². The Bertz CT molecular complexity index is 794. The molecule has 0 fully saturated rings. The van der Waals surface area contributed by atoms with Crippen LogP contribution in [-0.4, -0.2) is 18.2 Å². The number of hydrogen-bond acceptors (Lipinski definition) is 4. The van der Waals surface area contributed by atoms with Crippen molar-refractivity contribution in [1.82, 2.24) is 10.6 Å². The van der Waals surface area contributed by atoms with E-state index in [9.17, 15) is 9.59 Å². The minimum Gasteiger partial charge on any atom is -0.431 e. The largest absolute Gasteiger partial charge is 0.431 e. The minimum absolute atomic E-state index is 0.115. The van der Waals surface area contributed by atoms with Gasteiger partial charge in [0, 0.05) is 12.2 Å². The molecule has 2 aromatic carbocycles. The number of hydrogen-bond donors (Lipinski definition) is 3. The Morgan fingerprint density at radius 2 is 1.68 bits per heavy atom. The standard InChI is InChI=1S/C18H16ClN3O3/c19-14-15(20-11-12-7-3-1-4-8-12)17(23)25-16(14)22-18(24)21-13-9-5-2-6-10-13/h1-10,16,20H,11H2,(H2,21,22,24)/t16-/m0/s1. The van der Waals surface area contributed by atoms with Gasteiger partial charge in [0.2, 0.25) is 6.23 Å². The summed E-state index contributed by atoms with van der Waals surface area (Å²) in [6, 6.07) is 17.9. The molecule has 0 radical (unpaired) electrons. The molecule has 0 saturated heterocycles. The smallest absolute Gasteiger partial charge is 0.358 e. The van der Waals surface area contributed by atoms with Gasteiger partial charge in [-0.3, -0.25) is 5.32 Å². The fourth-order valence-corrected chi connectivity index (χ4v) is 2.53. The number of ether oxygens (including phenoxy) is 1. The molecule has 3 N–H and O–H groups in total. The number of nitrogens with one attached hydrogen (secondary N) is 3. The van der Waals surface area contributed by atoms with Crippen LogP contribution in [0.25, 0.3) is 0 Å². The van der Waals surface area contributed by atoms with Crippen molar-refractivity contribution in [3.05, 3.63) is 77.0 Å². The van der Waals surface area contributed by atoms with E-state index in [1.165, 1.54) is 0 Å². The summed E-state index contributed by atoms with van der Waals surface area (Å²) in [5, 5.41) is 8.21. The third-order valence-corrected chi connectivity index (χ3v) is 3.89. The molecule has 1 atom stereocenters. The predicted octanol–water partition coefficient (Wildman–Crippen LogP) is 2.93. The maximum atomic E-state index is 12.0. The third kappa shape index (κ3) is 4.30. The number of para-hydroxylation sites is 1. The Morgan fingerprint density at radius 1 is 1.04 bits per heavy atom. The molecule has 1 aliphatic rings. The Hall–Kier alpha value is -2.99. The number of carbonyl (C=O) groups excluding carboxylic acids is 2. The summed E-state index contributed by atoms with van der Waals surface area (Å²) in [6.45, 7) is 0.421. The van der Waals surface area contributed by atoms with Gasteiger partial charge in [-0.2, -0.15) is 0 Å². The van der Waals surface area contributed by atoms with Gasteiger partial charge in [-0.05, 0) is 17.7 Å². The Kier molecular flexibility index (Phi) is 5.20. The number of amides is 2. The Labute approximate surface area is 149 Å². The zero-order valence-electron chi connectivity index (χ0n) is 13.2. The first kappa shape index (κ1) is 16.9. The van der Waals surface area contributed by atoms with Gasteiger partial charge in [0.05, 0.1) is 0 Å². The van der Waals surface area contributed by atoms with Crippen molar-refractivity contribution in [2.45, 2.75) is 12.8 Å². The van der Waals surface area contributed by atoms with Gasteiger partial charge >= 0.3 is 12.0 Å². The van der Waals surface area contributed by atoms with Crippen LogP contribution in [0.2, 0.25) is 0 Å². The van der Waals surface area contributed by atoms with Crippen LogP contribution in [0.4, 0.5) is 10.5 Å². The zero-order chi connectivity index (χ0) is 17.6. The van der Waals surface area contributed by atoms with Crippen LogP contribution in [0.1, 0.15) is 5.56 Å². The maximum Gasteiger partial charge on any atom is 0.358 e. The highest BCUT2D eigenvalue weighted by Gasteiger charge is 2.34. The van der Waals surface area contributed by atoms with E-state index in [2.05, 4.69) is 16.0 Å². The van der Waals surface area contributed by atoms with Gasteiger partial charge in [-0.1, -0.05) is 60.1 Å². The lowest BCUT2D eigenvalue weighted by molar-refractivity contribution is -0.140. The summed E-state index contributed by atoms with van der Waals surface area (Å²) in [5.41, 5.74) is 1.76. The number of urea groups is 1. The highest BCUT2D eigenvalue weighted by atomic mass is 35.5. The normalized spacial score (nSPS) is 16.4. The molecular weight excluding hydrogens is 342 g/mol. The van der Waals surface area contributed by atoms with Gasteiger partial charge in [0.15, 0.2) is 0 Å². The first-order valence-corrected chi connectivity index (χ1v) is 8.02. The van der Waals surface area contributed by atoms with E-state index >= 15 is 0 Å². The van der Waals surface area contributed by atoms with Crippen molar-refractivity contribution < 1.29 is 14.3 Å². The molecule has 25 heavy (non-hydrogen) atoms. The molecule has 2 aromatic rings. The average Bonchev–Trinajstić information content (AvgIpc) is 2.88. The highest BCUT2D eigenvalue weighted by molar-refractivity contribution is 6.33. The van der Waals surface area contributed by atoms with Gasteiger partial charge in [0.1, 0.15) is 10.7 Å². The van der Waals surface area contributed by atoms with E-state index in [4.69, 9.17) is 16.3 Å². The lowest BCUT2D eigenvalue weighted by Crippen LogP contribution is -2.38. The monoisotopic (exact) mass is 357 g/mol. The fraction of sp³-hybridized carbons (Fsp3) is 0.111. The first-order valence-electron chi connectivity index (χ1n) is 7.64. The molecule has 1 heterocycles. The van der Waals surface area contributed by atoms with E-state index in [0.717, 1.165) is 5.56 Å². The molecule has 3 rings (SSSR count). The van der Waals surface area contributed by atoms with E-state index in [0.29, 0.717) is 12.2 Å². The maximum absolute atomic E-state index is 12.0. The number of cyclic esters (lactones) is 1. The molecule has 0 bridgehead atoms. The third-order valence-electron chi connectivity index (χ3n) is 3.50. The second kappa shape index (κ2) is 7.72. The van der Waals surface area contributed by atoms with Crippen LogP contribution in [-0.2, 0) is 16.1 Å². The van der Waals surface area contributed by atoms with E-state index in [1.54, 1.807) is 24.3 Å². The van der Waals surface area contributed by atoms with Crippen molar-refractivity contribution in [3.63, 3.8) is 0 Å². The van der Waals surface area contributed by atoms with Crippen LogP contribution in [0.3, 0.4) is 0 Å². The second-order valence-corrected chi connectivity index (χ2v) is 5.72. The minimum atomic E-state index is -1.02. The number of halogens is 1. The van der Waals surface area contributed by atoms with Crippen LogP contribution in [0.15, 0.2) is 71.4 Å². The van der Waals surface area contributed by atoms with E-state index in [-0.39, 0.29) is 10.7 Å². The summed E-state index contributed by atoms with van der Waals surface area (Å²) in [4.78, 5) is 23.9. The Balaban J connectivity index is 1.60. The first-order chi connectivity index (χ1) is 12.1. The fourth-order valence-electron chi connectivity index (χ4n) is 2.29. The molecule has 0 unspecified atom stereocenters. The van der Waals surface area contributed by atoms with Crippen molar-refractivity contribution in [2.24, 2.45) is 0 Å². The zero-order valence-corrected chi connectivity index (χ0v) is 13.9. The number of rotatable bonds is 5. The van der Waals surface area contributed by atoms with Crippen LogP contribution >= 0.6 is 11.6 Å². The number of carbonyl (C=O) groups is 2. The Morgan fingerprint density at radius 3 is 2.36 bits per heavy atom. The number of anilines is 1. The SMILES string of the molecule is O=C(Nc1ccccc1)N[C@H]1OC(=O)C(NCc2ccccc2)=C1Cl. The molecule has 128 valence electrons. The van der Waals surface area contributed by atoms with Crippen LogP contribution in [0, 0.1) is 0 Å². The molecule has 0 aromatic heterocycles. The van der Waals surface area contributed by atoms with Crippen molar-refractivity contribution >= 4 is 29.3 Å². The van der Waals surface area contributed by atoms with Crippen molar-refractivity contribution in [3.8, 4) is 0 Å². The predicted molar refractivity (Wildman–Crippen MR) is 94.6 cm³/mol. The molecular formula is C18H16ClN3O3. The van der Waals surface area contributed by atoms with Gasteiger partial charge in [-0.15, -0.1) is 0 Å². The average molecular weight is 358 g/mol. The molecule has 0 saturated carbocycles. The summed E-state index contributed by atoms with van der Waals surface area (Å²) in [7, 11) is 0. The van der Waals surface area contributed by atoms with Gasteiger partial charge in [-0.25, -0.2) is 9.59 Å². The summed E-state index contributed by atoms with van der Waals surface area (Å²) in [6.07, 6.45) is -1.02. The van der Waals surface area contributed by atoms with Crippen LogP contribution < -0.4 is 16.0 Å². The molecule has 7 heteroatoms. The summed E-state index contributed by atoms with van der Waals surface area (Å²) >= 11 is 6.18. The molecule has 0 spiro atoms. The lowest BCUT2D eigenvalue weighted by Gasteiger charge is -2.13. The van der Waals surface area contributed by atoms with Crippen molar-refractivity contribution in [2.75, 3.05) is 5.32 Å². The number of benzene rings is 2. The van der Waals surface area contributed by atoms with E-state index in [1.807, 2.05) is 36.4 Å². The molecule has 0 aliphatic carbocycles. The second-order valence-electron chi connectivity index (χ2n) is 5.31. The van der Waals surface area contributed by atoms with Gasteiger partial charge < -0.3 is 15.4 Å². The molecule has 2 amide bonds. The summed E-state index contributed by atoms with van der Waals surface area (Å²) < 4.78 is 5.10.